The van der Waals surface area contributed by atoms with Gasteiger partial charge in [-0.25, -0.2) is 0 Å². The zero-order chi connectivity index (χ0) is 13.1. The maximum absolute atomic E-state index is 11.0. The number of rotatable bonds is 3. The fourth-order valence-electron chi connectivity index (χ4n) is 1.69. The first-order chi connectivity index (χ1) is 8.65. The summed E-state index contributed by atoms with van der Waals surface area (Å²) in [6.45, 7) is 0. The molecule has 18 heavy (non-hydrogen) atoms. The third-order valence-electron chi connectivity index (χ3n) is 2.60. The molecular formula is C14H10Cl2O2. The minimum absolute atomic E-state index is 0.465. The summed E-state index contributed by atoms with van der Waals surface area (Å²) in [6.07, 6.45) is 0.745. The van der Waals surface area contributed by atoms with Gasteiger partial charge in [0.15, 0.2) is 6.29 Å². The van der Waals surface area contributed by atoms with E-state index in [-0.39, 0.29) is 0 Å². The molecule has 0 unspecified atom stereocenters. The number of ether oxygens (including phenoxy) is 1. The van der Waals surface area contributed by atoms with E-state index in [4.69, 9.17) is 27.9 Å². The summed E-state index contributed by atoms with van der Waals surface area (Å²) in [5.41, 5.74) is 2.14. The normalized spacial score (nSPS) is 10.2. The molecule has 0 amide bonds. The van der Waals surface area contributed by atoms with Crippen LogP contribution in [0.3, 0.4) is 0 Å². The second-order valence-corrected chi connectivity index (χ2v) is 4.54. The lowest BCUT2D eigenvalue weighted by atomic mass is 10.0. The highest BCUT2D eigenvalue weighted by Crippen LogP contribution is 2.33. The lowest BCUT2D eigenvalue weighted by molar-refractivity contribution is 0.112. The molecule has 2 aromatic carbocycles. The summed E-state index contributed by atoms with van der Waals surface area (Å²) >= 11 is 12.0. The minimum Gasteiger partial charge on any atom is -0.496 e. The number of hydrogen-bond donors (Lipinski definition) is 0. The fourth-order valence-corrected chi connectivity index (χ4v) is 2.08. The molecule has 0 radical (unpaired) electrons. The van der Waals surface area contributed by atoms with Crippen LogP contribution in [-0.2, 0) is 0 Å². The second kappa shape index (κ2) is 5.42. The van der Waals surface area contributed by atoms with E-state index in [1.54, 1.807) is 24.3 Å². The lowest BCUT2D eigenvalue weighted by Crippen LogP contribution is -1.92. The molecule has 0 saturated heterocycles. The highest BCUT2D eigenvalue weighted by molar-refractivity contribution is 6.33. The van der Waals surface area contributed by atoms with Gasteiger partial charge in [0.05, 0.1) is 17.7 Å². The topological polar surface area (TPSA) is 26.3 Å². The molecule has 0 aliphatic carbocycles. The molecule has 0 aliphatic heterocycles. The summed E-state index contributed by atoms with van der Waals surface area (Å²) in [6, 6.07) is 10.6. The van der Waals surface area contributed by atoms with Gasteiger partial charge in [0.1, 0.15) is 5.75 Å². The molecule has 0 spiro atoms. The predicted molar refractivity (Wildman–Crippen MR) is 73.8 cm³/mol. The molecule has 0 bridgehead atoms. The van der Waals surface area contributed by atoms with Crippen molar-refractivity contribution in [3.8, 4) is 16.9 Å². The standard InChI is InChI=1S/C14H10Cl2O2/c1-18-14-7-13(16)12(6-10(14)8-17)9-2-4-11(15)5-3-9/h2-8H,1H3. The van der Waals surface area contributed by atoms with Gasteiger partial charge >= 0.3 is 0 Å². The molecule has 0 aliphatic rings. The molecule has 2 nitrogen and oxygen atoms in total. The Morgan fingerprint density at radius 1 is 1.11 bits per heavy atom. The van der Waals surface area contributed by atoms with Crippen molar-refractivity contribution in [1.82, 2.24) is 0 Å². The van der Waals surface area contributed by atoms with Gasteiger partial charge in [-0.05, 0) is 23.8 Å². The molecule has 0 N–H and O–H groups in total. The van der Waals surface area contributed by atoms with E-state index >= 15 is 0 Å². The zero-order valence-corrected chi connectivity index (χ0v) is 11.1. The highest BCUT2D eigenvalue weighted by atomic mass is 35.5. The molecule has 2 aromatic rings. The number of carbonyl (C=O) groups is 1. The lowest BCUT2D eigenvalue weighted by Gasteiger charge is -2.09. The van der Waals surface area contributed by atoms with Crippen LogP contribution in [0.4, 0.5) is 0 Å². The largest absolute Gasteiger partial charge is 0.496 e. The minimum atomic E-state index is 0.465. The smallest absolute Gasteiger partial charge is 0.153 e. The van der Waals surface area contributed by atoms with Gasteiger partial charge < -0.3 is 4.74 Å². The van der Waals surface area contributed by atoms with Crippen molar-refractivity contribution in [2.45, 2.75) is 0 Å². The molecule has 4 heteroatoms. The van der Waals surface area contributed by atoms with Crippen LogP contribution in [0, 0.1) is 0 Å². The van der Waals surface area contributed by atoms with Crippen LogP contribution in [0.1, 0.15) is 10.4 Å². The molecule has 0 fully saturated rings. The zero-order valence-electron chi connectivity index (χ0n) is 9.61. The Kier molecular flexibility index (Phi) is 3.90. The van der Waals surface area contributed by atoms with Crippen molar-refractivity contribution in [3.05, 3.63) is 52.0 Å². The molecule has 0 atom stereocenters. The molecule has 92 valence electrons. The first kappa shape index (κ1) is 12.9. The maximum Gasteiger partial charge on any atom is 0.153 e. The number of aldehydes is 1. The fraction of sp³-hybridized carbons (Fsp3) is 0.0714. The molecule has 0 saturated carbocycles. The molecular weight excluding hydrogens is 271 g/mol. The summed E-state index contributed by atoms with van der Waals surface area (Å²) in [5.74, 6) is 0.465. The monoisotopic (exact) mass is 280 g/mol. The Labute approximate surface area is 115 Å². The van der Waals surface area contributed by atoms with Gasteiger partial charge in [0.25, 0.3) is 0 Å². The van der Waals surface area contributed by atoms with Crippen LogP contribution < -0.4 is 4.74 Å². The average molecular weight is 281 g/mol. The van der Waals surface area contributed by atoms with E-state index < -0.39 is 0 Å². The van der Waals surface area contributed by atoms with Crippen LogP contribution in [0.5, 0.6) is 5.75 Å². The summed E-state index contributed by atoms with van der Waals surface area (Å²) < 4.78 is 5.09. The first-order valence-electron chi connectivity index (χ1n) is 5.24. The van der Waals surface area contributed by atoms with E-state index in [0.29, 0.717) is 21.4 Å². The maximum atomic E-state index is 11.0. The van der Waals surface area contributed by atoms with E-state index in [1.807, 2.05) is 12.1 Å². The van der Waals surface area contributed by atoms with E-state index in [0.717, 1.165) is 17.4 Å². The van der Waals surface area contributed by atoms with Gasteiger partial charge in [0.2, 0.25) is 0 Å². The van der Waals surface area contributed by atoms with E-state index in [9.17, 15) is 4.79 Å². The van der Waals surface area contributed by atoms with Gasteiger partial charge in [-0.2, -0.15) is 0 Å². The van der Waals surface area contributed by atoms with Crippen LogP contribution in [0.2, 0.25) is 10.0 Å². The van der Waals surface area contributed by atoms with Crippen molar-refractivity contribution in [2.24, 2.45) is 0 Å². The van der Waals surface area contributed by atoms with Crippen molar-refractivity contribution in [2.75, 3.05) is 7.11 Å². The summed E-state index contributed by atoms with van der Waals surface area (Å²) in [5, 5.41) is 1.18. The molecule has 2 rings (SSSR count). The number of methoxy groups -OCH3 is 1. The van der Waals surface area contributed by atoms with E-state index in [1.165, 1.54) is 7.11 Å². The average Bonchev–Trinajstić information content (AvgIpc) is 2.39. The second-order valence-electron chi connectivity index (χ2n) is 3.70. The van der Waals surface area contributed by atoms with Crippen LogP contribution >= 0.6 is 23.2 Å². The first-order valence-corrected chi connectivity index (χ1v) is 6.00. The van der Waals surface area contributed by atoms with Gasteiger partial charge in [-0.1, -0.05) is 35.3 Å². The van der Waals surface area contributed by atoms with Gasteiger partial charge in [-0.15, -0.1) is 0 Å². The summed E-state index contributed by atoms with van der Waals surface area (Å²) in [4.78, 5) is 11.0. The number of benzene rings is 2. The Hall–Kier alpha value is -1.51. The van der Waals surface area contributed by atoms with Gasteiger partial charge in [-0.3, -0.25) is 4.79 Å². The van der Waals surface area contributed by atoms with Crippen molar-refractivity contribution < 1.29 is 9.53 Å². The predicted octanol–water partition coefficient (Wildman–Crippen LogP) is 4.48. The van der Waals surface area contributed by atoms with E-state index in [2.05, 4.69) is 0 Å². The van der Waals surface area contributed by atoms with Crippen molar-refractivity contribution in [3.63, 3.8) is 0 Å². The van der Waals surface area contributed by atoms with Gasteiger partial charge in [0, 0.05) is 16.7 Å². The highest BCUT2D eigenvalue weighted by Gasteiger charge is 2.10. The Morgan fingerprint density at radius 2 is 1.78 bits per heavy atom. The number of halogens is 2. The number of carbonyl (C=O) groups excluding carboxylic acids is 1. The number of hydrogen-bond acceptors (Lipinski definition) is 2. The Bertz CT molecular complexity index is 577. The SMILES string of the molecule is COc1cc(Cl)c(-c2ccc(Cl)cc2)cc1C=O. The molecule has 0 heterocycles. The van der Waals surface area contributed by atoms with Crippen LogP contribution in [-0.4, -0.2) is 13.4 Å². The van der Waals surface area contributed by atoms with Crippen LogP contribution in [0.15, 0.2) is 36.4 Å². The molecule has 0 aromatic heterocycles. The van der Waals surface area contributed by atoms with Crippen LogP contribution in [0.25, 0.3) is 11.1 Å². The third kappa shape index (κ3) is 2.50. The Morgan fingerprint density at radius 3 is 2.33 bits per heavy atom. The third-order valence-corrected chi connectivity index (χ3v) is 3.17. The Balaban J connectivity index is 2.57. The van der Waals surface area contributed by atoms with Crippen molar-refractivity contribution in [1.29, 1.82) is 0 Å². The summed E-state index contributed by atoms with van der Waals surface area (Å²) in [7, 11) is 1.50. The van der Waals surface area contributed by atoms with Crippen molar-refractivity contribution >= 4 is 29.5 Å². The quantitative estimate of drug-likeness (QED) is 0.775.